The van der Waals surface area contributed by atoms with Gasteiger partial charge in [0.25, 0.3) is 0 Å². The average Bonchev–Trinajstić information content (AvgIpc) is 2.91. The van der Waals surface area contributed by atoms with Crippen LogP contribution < -0.4 is 5.32 Å². The van der Waals surface area contributed by atoms with Crippen LogP contribution in [0.15, 0.2) is 24.8 Å². The Morgan fingerprint density at radius 2 is 2.27 bits per heavy atom. The van der Waals surface area contributed by atoms with Crippen LogP contribution in [0, 0.1) is 12.8 Å². The molecule has 1 fully saturated rings. The van der Waals surface area contributed by atoms with E-state index in [1.807, 2.05) is 17.7 Å². The van der Waals surface area contributed by atoms with Gasteiger partial charge < -0.3 is 5.32 Å². The van der Waals surface area contributed by atoms with E-state index >= 15 is 0 Å². The molecule has 0 saturated carbocycles. The summed E-state index contributed by atoms with van der Waals surface area (Å²) in [5.74, 6) is 2.89. The highest BCUT2D eigenvalue weighted by Crippen LogP contribution is 2.19. The van der Waals surface area contributed by atoms with Gasteiger partial charge >= 0.3 is 0 Å². The van der Waals surface area contributed by atoms with Crippen molar-refractivity contribution in [2.24, 2.45) is 5.92 Å². The third-order valence-electron chi connectivity index (χ3n) is 3.82. The molecule has 3 rings (SSSR count). The summed E-state index contributed by atoms with van der Waals surface area (Å²) in [6.45, 7) is 2.49. The molecule has 1 unspecified atom stereocenters. The lowest BCUT2D eigenvalue weighted by Gasteiger charge is -2.22. The number of nitrogens with zero attached hydrogens (tertiary/aromatic N) is 4. The van der Waals surface area contributed by atoms with Crippen LogP contribution in [-0.4, -0.2) is 46.0 Å². The van der Waals surface area contributed by atoms with Crippen LogP contribution in [-0.2, 0) is 9.84 Å². The second-order valence-electron chi connectivity index (χ2n) is 5.61. The maximum absolute atomic E-state index is 11.7. The molecule has 0 radical (unpaired) electrons. The van der Waals surface area contributed by atoms with Crippen molar-refractivity contribution < 1.29 is 8.42 Å². The zero-order valence-electron chi connectivity index (χ0n) is 12.4. The van der Waals surface area contributed by atoms with E-state index < -0.39 is 9.84 Å². The maximum atomic E-state index is 11.7. The Kier molecular flexibility index (Phi) is 4.10. The van der Waals surface area contributed by atoms with Crippen molar-refractivity contribution >= 4 is 15.7 Å². The van der Waals surface area contributed by atoms with Crippen molar-refractivity contribution in [1.82, 2.24) is 19.5 Å². The van der Waals surface area contributed by atoms with Crippen LogP contribution in [0.3, 0.4) is 0 Å². The number of nitrogens with one attached hydrogen (secondary N) is 1. The van der Waals surface area contributed by atoms with E-state index in [-0.39, 0.29) is 11.7 Å². The van der Waals surface area contributed by atoms with Crippen molar-refractivity contribution in [2.75, 3.05) is 23.4 Å². The summed E-state index contributed by atoms with van der Waals surface area (Å²) in [5.41, 5.74) is 0. The molecule has 0 amide bonds. The Balaban J connectivity index is 1.67. The van der Waals surface area contributed by atoms with Crippen molar-refractivity contribution in [3.63, 3.8) is 0 Å². The van der Waals surface area contributed by atoms with Gasteiger partial charge in [0.1, 0.15) is 11.6 Å². The summed E-state index contributed by atoms with van der Waals surface area (Å²) in [7, 11) is -2.87. The van der Waals surface area contributed by atoms with E-state index in [0.717, 1.165) is 18.7 Å². The van der Waals surface area contributed by atoms with Crippen LogP contribution in [0.5, 0.6) is 0 Å². The largest absolute Gasteiger partial charge is 0.368 e. The lowest BCUT2D eigenvalue weighted by Crippen LogP contribution is -2.30. The van der Waals surface area contributed by atoms with Gasteiger partial charge in [-0.05, 0) is 25.7 Å². The second kappa shape index (κ2) is 6.04. The molecular formula is C14H19N5O2S. The number of hydrogen-bond donors (Lipinski definition) is 1. The van der Waals surface area contributed by atoms with Crippen molar-refractivity contribution in [3.05, 3.63) is 30.6 Å². The molecule has 0 bridgehead atoms. The zero-order chi connectivity index (χ0) is 15.6. The van der Waals surface area contributed by atoms with Crippen molar-refractivity contribution in [2.45, 2.75) is 19.8 Å². The standard InChI is InChI=1S/C14H19N5O2S/c1-11-16-4-5-19(11)14-9-15-8-13(18-14)17-7-12-3-2-6-22(20,21)10-12/h4-5,8-9,12H,2-3,6-7,10H2,1H3,(H,17,18). The minimum absolute atomic E-state index is 0.138. The third-order valence-corrected chi connectivity index (χ3v) is 5.71. The van der Waals surface area contributed by atoms with Gasteiger partial charge in [0.2, 0.25) is 0 Å². The minimum atomic E-state index is -2.87. The first kappa shape index (κ1) is 15.0. The molecular weight excluding hydrogens is 302 g/mol. The molecule has 1 aliphatic rings. The van der Waals surface area contributed by atoms with E-state index in [1.165, 1.54) is 0 Å². The monoisotopic (exact) mass is 321 g/mol. The first-order valence-corrected chi connectivity index (χ1v) is 9.12. The summed E-state index contributed by atoms with van der Waals surface area (Å²) in [6.07, 6.45) is 8.54. The molecule has 1 saturated heterocycles. The lowest BCUT2D eigenvalue weighted by atomic mass is 10.1. The molecule has 0 spiro atoms. The molecule has 8 heteroatoms. The highest BCUT2D eigenvalue weighted by molar-refractivity contribution is 7.91. The normalized spacial score (nSPS) is 20.7. The maximum Gasteiger partial charge on any atom is 0.159 e. The number of imidazole rings is 1. The smallest absolute Gasteiger partial charge is 0.159 e. The third kappa shape index (κ3) is 3.44. The van der Waals surface area contributed by atoms with Gasteiger partial charge in [-0.1, -0.05) is 0 Å². The molecule has 2 aromatic rings. The molecule has 0 aromatic carbocycles. The van der Waals surface area contributed by atoms with Gasteiger partial charge in [-0.2, -0.15) is 0 Å². The van der Waals surface area contributed by atoms with Crippen LogP contribution in [0.2, 0.25) is 0 Å². The van der Waals surface area contributed by atoms with E-state index in [2.05, 4.69) is 20.3 Å². The number of rotatable bonds is 4. The minimum Gasteiger partial charge on any atom is -0.368 e. The van der Waals surface area contributed by atoms with E-state index in [0.29, 0.717) is 23.9 Å². The molecule has 2 aromatic heterocycles. The Labute approximate surface area is 129 Å². The fourth-order valence-corrected chi connectivity index (χ4v) is 4.48. The van der Waals surface area contributed by atoms with Crippen LogP contribution >= 0.6 is 0 Å². The first-order valence-electron chi connectivity index (χ1n) is 7.30. The molecule has 7 nitrogen and oxygen atoms in total. The van der Waals surface area contributed by atoms with Crippen molar-refractivity contribution in [1.29, 1.82) is 0 Å². The molecule has 1 N–H and O–H groups in total. The summed E-state index contributed by atoms with van der Waals surface area (Å²) in [4.78, 5) is 12.8. The van der Waals surface area contributed by atoms with Gasteiger partial charge in [0.05, 0.1) is 23.9 Å². The summed E-state index contributed by atoms with van der Waals surface area (Å²) >= 11 is 0. The van der Waals surface area contributed by atoms with Gasteiger partial charge in [0.15, 0.2) is 15.7 Å². The quantitative estimate of drug-likeness (QED) is 0.910. The fourth-order valence-electron chi connectivity index (χ4n) is 2.70. The summed E-state index contributed by atoms with van der Waals surface area (Å²) in [6, 6.07) is 0. The molecule has 118 valence electrons. The molecule has 1 atom stereocenters. The lowest BCUT2D eigenvalue weighted by molar-refractivity contribution is 0.501. The number of aryl methyl sites for hydroxylation is 1. The summed E-state index contributed by atoms with van der Waals surface area (Å²) in [5, 5.41) is 3.20. The predicted molar refractivity (Wildman–Crippen MR) is 83.8 cm³/mol. The van der Waals surface area contributed by atoms with E-state index in [1.54, 1.807) is 18.6 Å². The summed E-state index contributed by atoms with van der Waals surface area (Å²) < 4.78 is 25.2. The second-order valence-corrected chi connectivity index (χ2v) is 7.84. The highest BCUT2D eigenvalue weighted by atomic mass is 32.2. The number of anilines is 1. The van der Waals surface area contributed by atoms with E-state index in [9.17, 15) is 8.42 Å². The SMILES string of the molecule is Cc1nccn1-c1cncc(NCC2CCCS(=O)(=O)C2)n1. The van der Waals surface area contributed by atoms with Crippen LogP contribution in [0.1, 0.15) is 18.7 Å². The fraction of sp³-hybridized carbons (Fsp3) is 0.500. The van der Waals surface area contributed by atoms with Crippen LogP contribution in [0.4, 0.5) is 5.82 Å². The van der Waals surface area contributed by atoms with Crippen molar-refractivity contribution in [3.8, 4) is 5.82 Å². The molecule has 0 aliphatic carbocycles. The number of aromatic nitrogens is 4. The molecule has 3 heterocycles. The van der Waals surface area contributed by atoms with Gasteiger partial charge in [0, 0.05) is 18.9 Å². The Bertz CT molecular complexity index is 756. The number of hydrogen-bond acceptors (Lipinski definition) is 6. The Hall–Kier alpha value is -1.96. The topological polar surface area (TPSA) is 89.8 Å². The predicted octanol–water partition coefficient (Wildman–Crippen LogP) is 1.21. The van der Waals surface area contributed by atoms with Crippen LogP contribution in [0.25, 0.3) is 5.82 Å². The number of sulfone groups is 1. The van der Waals surface area contributed by atoms with Gasteiger partial charge in [-0.3, -0.25) is 9.55 Å². The van der Waals surface area contributed by atoms with E-state index in [4.69, 9.17) is 0 Å². The first-order chi connectivity index (χ1) is 10.5. The van der Waals surface area contributed by atoms with Gasteiger partial charge in [-0.25, -0.2) is 18.4 Å². The van der Waals surface area contributed by atoms with Gasteiger partial charge in [-0.15, -0.1) is 0 Å². The zero-order valence-corrected chi connectivity index (χ0v) is 13.3. The Morgan fingerprint density at radius 3 is 3.00 bits per heavy atom. The Morgan fingerprint density at radius 1 is 1.41 bits per heavy atom. The average molecular weight is 321 g/mol. The highest BCUT2D eigenvalue weighted by Gasteiger charge is 2.24. The molecule has 1 aliphatic heterocycles. The molecule has 22 heavy (non-hydrogen) atoms.